The fourth-order valence-electron chi connectivity index (χ4n) is 2.28. The van der Waals surface area contributed by atoms with E-state index in [1.54, 1.807) is 13.0 Å². The molecule has 0 amide bonds. The third-order valence-electron chi connectivity index (χ3n) is 3.21. The van der Waals surface area contributed by atoms with Crippen LogP contribution in [-0.2, 0) is 11.3 Å². The van der Waals surface area contributed by atoms with Gasteiger partial charge in [0.2, 0.25) is 5.76 Å². The average Bonchev–Trinajstić information content (AvgIpc) is 2.68. The molecule has 1 aliphatic rings. The molecule has 1 aromatic heterocycles. The Bertz CT molecular complexity index is 427. The first kappa shape index (κ1) is 13.1. The fraction of sp³-hybridized carbons (Fsp3) is 0.615. The van der Waals surface area contributed by atoms with Crippen molar-refractivity contribution in [3.05, 3.63) is 23.2 Å². The summed E-state index contributed by atoms with van der Waals surface area (Å²) in [6.45, 7) is 5.14. The topological polar surface area (TPSA) is 71.7 Å². The molecule has 1 saturated heterocycles. The van der Waals surface area contributed by atoms with Crippen LogP contribution in [0.5, 0.6) is 0 Å². The third-order valence-corrected chi connectivity index (χ3v) is 3.21. The largest absolute Gasteiger partial charge is 0.475 e. The van der Waals surface area contributed by atoms with Gasteiger partial charge in [-0.2, -0.15) is 0 Å². The minimum absolute atomic E-state index is 0.0344. The number of nitrogens with one attached hydrogen (secondary N) is 1. The second kappa shape index (κ2) is 5.54. The maximum Gasteiger partial charge on any atom is 0.372 e. The van der Waals surface area contributed by atoms with Crippen LogP contribution in [0.2, 0.25) is 0 Å². The molecule has 2 heterocycles. The van der Waals surface area contributed by atoms with E-state index in [1.165, 1.54) is 0 Å². The van der Waals surface area contributed by atoms with Crippen molar-refractivity contribution in [2.75, 3.05) is 6.61 Å². The molecule has 1 fully saturated rings. The van der Waals surface area contributed by atoms with Gasteiger partial charge in [-0.15, -0.1) is 0 Å². The number of carboxylic acid groups (broad SMARTS) is 1. The summed E-state index contributed by atoms with van der Waals surface area (Å²) in [5.41, 5.74) is 0.666. The van der Waals surface area contributed by atoms with Gasteiger partial charge >= 0.3 is 5.97 Å². The zero-order valence-electron chi connectivity index (χ0n) is 10.7. The van der Waals surface area contributed by atoms with E-state index in [4.69, 9.17) is 14.3 Å². The van der Waals surface area contributed by atoms with Gasteiger partial charge in [0.15, 0.2) is 0 Å². The Morgan fingerprint density at radius 3 is 3.00 bits per heavy atom. The summed E-state index contributed by atoms with van der Waals surface area (Å²) in [5.74, 6) is -0.311. The lowest BCUT2D eigenvalue weighted by atomic mass is 10.0. The van der Waals surface area contributed by atoms with Gasteiger partial charge in [-0.05, 0) is 32.8 Å². The number of rotatable bonds is 4. The number of aryl methyl sites for hydroxylation is 1. The van der Waals surface area contributed by atoms with Gasteiger partial charge in [-0.1, -0.05) is 0 Å². The number of hydrogen-bond donors (Lipinski definition) is 2. The highest BCUT2D eigenvalue weighted by atomic mass is 16.5. The van der Waals surface area contributed by atoms with Crippen LogP contribution in [0.15, 0.2) is 10.5 Å². The molecule has 0 aliphatic carbocycles. The molecule has 2 N–H and O–H groups in total. The molecule has 5 heteroatoms. The smallest absolute Gasteiger partial charge is 0.372 e. The number of carboxylic acids is 1. The highest BCUT2D eigenvalue weighted by molar-refractivity contribution is 5.86. The molecule has 0 bridgehead atoms. The fourth-order valence-corrected chi connectivity index (χ4v) is 2.28. The van der Waals surface area contributed by atoms with Crippen molar-refractivity contribution in [3.63, 3.8) is 0 Å². The summed E-state index contributed by atoms with van der Waals surface area (Å²) in [5, 5.41) is 12.3. The second-order valence-corrected chi connectivity index (χ2v) is 4.81. The monoisotopic (exact) mass is 253 g/mol. The molecule has 100 valence electrons. The van der Waals surface area contributed by atoms with Crippen LogP contribution in [0.4, 0.5) is 0 Å². The minimum atomic E-state index is -1.02. The molecule has 0 spiro atoms. The van der Waals surface area contributed by atoms with Gasteiger partial charge in [0.05, 0.1) is 12.6 Å². The summed E-state index contributed by atoms with van der Waals surface area (Å²) < 4.78 is 10.8. The Labute approximate surface area is 106 Å². The van der Waals surface area contributed by atoms with Crippen molar-refractivity contribution in [3.8, 4) is 0 Å². The highest BCUT2D eigenvalue weighted by Crippen LogP contribution is 2.17. The molecular formula is C13H19NO4. The first-order valence-corrected chi connectivity index (χ1v) is 6.24. The van der Waals surface area contributed by atoms with Gasteiger partial charge in [0.1, 0.15) is 5.76 Å². The van der Waals surface area contributed by atoms with Gasteiger partial charge in [-0.25, -0.2) is 4.79 Å². The van der Waals surface area contributed by atoms with Crippen molar-refractivity contribution in [1.82, 2.24) is 5.32 Å². The first-order chi connectivity index (χ1) is 8.56. The number of hydrogen-bond acceptors (Lipinski definition) is 4. The molecule has 5 nitrogen and oxygen atoms in total. The van der Waals surface area contributed by atoms with Crippen LogP contribution in [0, 0.1) is 6.92 Å². The number of furan rings is 1. The normalized spacial score (nSPS) is 24.1. The van der Waals surface area contributed by atoms with E-state index in [9.17, 15) is 4.79 Å². The quantitative estimate of drug-likeness (QED) is 0.858. The van der Waals surface area contributed by atoms with Crippen LogP contribution >= 0.6 is 0 Å². The summed E-state index contributed by atoms with van der Waals surface area (Å²) >= 11 is 0. The Hall–Kier alpha value is -1.33. The van der Waals surface area contributed by atoms with E-state index in [0.717, 1.165) is 19.4 Å². The molecule has 0 saturated carbocycles. The van der Waals surface area contributed by atoms with Gasteiger partial charge in [0, 0.05) is 18.2 Å². The van der Waals surface area contributed by atoms with E-state index in [1.807, 2.05) is 0 Å². The predicted octanol–water partition coefficient (Wildman–Crippen LogP) is 1.94. The molecule has 0 aromatic carbocycles. The van der Waals surface area contributed by atoms with Crippen LogP contribution in [0.1, 0.15) is 41.6 Å². The molecule has 2 unspecified atom stereocenters. The third kappa shape index (κ3) is 3.11. The van der Waals surface area contributed by atoms with E-state index < -0.39 is 5.97 Å². The van der Waals surface area contributed by atoms with E-state index in [0.29, 0.717) is 23.9 Å². The average molecular weight is 253 g/mol. The van der Waals surface area contributed by atoms with E-state index in [2.05, 4.69) is 12.2 Å². The van der Waals surface area contributed by atoms with Crippen LogP contribution < -0.4 is 5.32 Å². The molecule has 1 aromatic rings. The summed E-state index contributed by atoms with van der Waals surface area (Å²) in [4.78, 5) is 10.9. The van der Waals surface area contributed by atoms with Crippen LogP contribution in [0.25, 0.3) is 0 Å². The Balaban J connectivity index is 1.90. The molecule has 2 rings (SSSR count). The van der Waals surface area contributed by atoms with Crippen molar-refractivity contribution in [2.24, 2.45) is 0 Å². The number of carbonyl (C=O) groups is 1. The lowest BCUT2D eigenvalue weighted by Crippen LogP contribution is -2.37. The standard InChI is InChI=1S/C13H19NO4/c1-8-5-11(18-12(8)13(15)16)7-14-10-3-4-17-9(2)6-10/h5,9-10,14H,3-4,6-7H2,1-2H3,(H,15,16). The van der Waals surface area contributed by atoms with E-state index in [-0.39, 0.29) is 11.9 Å². The first-order valence-electron chi connectivity index (χ1n) is 6.24. The van der Waals surface area contributed by atoms with Gasteiger partial charge in [0.25, 0.3) is 0 Å². The Morgan fingerprint density at radius 1 is 1.61 bits per heavy atom. The Kier molecular flexibility index (Phi) is 4.04. The molecule has 0 radical (unpaired) electrons. The zero-order chi connectivity index (χ0) is 13.1. The predicted molar refractivity (Wildman–Crippen MR) is 65.7 cm³/mol. The second-order valence-electron chi connectivity index (χ2n) is 4.81. The van der Waals surface area contributed by atoms with Crippen LogP contribution in [-0.4, -0.2) is 29.8 Å². The number of ether oxygens (including phenoxy) is 1. The maximum atomic E-state index is 10.9. The molecule has 2 atom stereocenters. The van der Waals surface area contributed by atoms with E-state index >= 15 is 0 Å². The summed E-state index contributed by atoms with van der Waals surface area (Å²) in [6, 6.07) is 2.19. The summed E-state index contributed by atoms with van der Waals surface area (Å²) in [7, 11) is 0. The summed E-state index contributed by atoms with van der Waals surface area (Å²) in [6.07, 6.45) is 2.24. The number of aromatic carboxylic acids is 1. The lowest BCUT2D eigenvalue weighted by molar-refractivity contribution is 0.0127. The molecular weight excluding hydrogens is 234 g/mol. The zero-order valence-corrected chi connectivity index (χ0v) is 10.7. The molecule has 1 aliphatic heterocycles. The van der Waals surface area contributed by atoms with Gasteiger partial charge < -0.3 is 19.6 Å². The van der Waals surface area contributed by atoms with Crippen molar-refractivity contribution < 1.29 is 19.1 Å². The Morgan fingerprint density at radius 2 is 2.39 bits per heavy atom. The minimum Gasteiger partial charge on any atom is -0.475 e. The van der Waals surface area contributed by atoms with Crippen molar-refractivity contribution >= 4 is 5.97 Å². The lowest BCUT2D eigenvalue weighted by Gasteiger charge is -2.27. The SMILES string of the molecule is Cc1cc(CNC2CCOC(C)C2)oc1C(=O)O. The maximum absolute atomic E-state index is 10.9. The van der Waals surface area contributed by atoms with Crippen molar-refractivity contribution in [2.45, 2.75) is 45.4 Å². The van der Waals surface area contributed by atoms with Crippen molar-refractivity contribution in [1.29, 1.82) is 0 Å². The van der Waals surface area contributed by atoms with Crippen LogP contribution in [0.3, 0.4) is 0 Å². The van der Waals surface area contributed by atoms with Gasteiger partial charge in [-0.3, -0.25) is 0 Å². The highest BCUT2D eigenvalue weighted by Gasteiger charge is 2.20. The molecule has 18 heavy (non-hydrogen) atoms.